The molecule has 1 aromatic heterocycles. The quantitative estimate of drug-likeness (QED) is 0.837. The average molecular weight is 401 g/mol. The maximum Gasteiger partial charge on any atom is 0.227 e. The molecule has 7 heteroatoms. The predicted octanol–water partition coefficient (Wildman–Crippen LogP) is 3.24. The minimum atomic E-state index is -0.449. The molecule has 2 aromatic rings. The first kappa shape index (κ1) is 20.2. The third kappa shape index (κ3) is 5.43. The number of aliphatic hydroxyl groups excluding tert-OH is 1. The normalized spacial score (nSPS) is 16.3. The van der Waals surface area contributed by atoms with E-state index in [0.29, 0.717) is 31.1 Å². The fourth-order valence-electron chi connectivity index (χ4n) is 2.91. The maximum atomic E-state index is 12.4. The van der Waals surface area contributed by atoms with Crippen LogP contribution in [0.4, 0.5) is 0 Å². The highest BCUT2D eigenvalue weighted by Crippen LogP contribution is 2.21. The van der Waals surface area contributed by atoms with Crippen molar-refractivity contribution in [2.24, 2.45) is 0 Å². The lowest BCUT2D eigenvalue weighted by molar-refractivity contribution is -0.132. The molecule has 0 radical (unpaired) electrons. The van der Waals surface area contributed by atoms with E-state index >= 15 is 0 Å². The molecule has 1 N–H and O–H groups in total. The summed E-state index contributed by atoms with van der Waals surface area (Å²) in [6, 6.07) is 11.4. The number of hydrogen-bond donors (Lipinski definition) is 1. The van der Waals surface area contributed by atoms with Crippen LogP contribution >= 0.6 is 35.3 Å². The fraction of sp³-hybridized carbons (Fsp3) is 0.389. The SMILES string of the molecule is Cl.O=C(Cc1ccccc1Cl)N1CCN(CC(O)c2cccs2)CC1. The van der Waals surface area contributed by atoms with Gasteiger partial charge in [-0.2, -0.15) is 0 Å². The smallest absolute Gasteiger partial charge is 0.227 e. The zero-order valence-electron chi connectivity index (χ0n) is 13.8. The monoisotopic (exact) mass is 400 g/mol. The number of benzene rings is 1. The van der Waals surface area contributed by atoms with Crippen molar-refractivity contribution in [3.8, 4) is 0 Å². The zero-order chi connectivity index (χ0) is 16.9. The summed E-state index contributed by atoms with van der Waals surface area (Å²) in [6.07, 6.45) is -0.104. The van der Waals surface area contributed by atoms with Crippen molar-refractivity contribution in [3.05, 3.63) is 57.2 Å². The number of aliphatic hydroxyl groups is 1. The molecule has 136 valence electrons. The van der Waals surface area contributed by atoms with E-state index in [4.69, 9.17) is 11.6 Å². The minimum absolute atomic E-state index is 0. The van der Waals surface area contributed by atoms with Crippen molar-refractivity contribution in [1.29, 1.82) is 0 Å². The van der Waals surface area contributed by atoms with Gasteiger partial charge in [-0.1, -0.05) is 35.9 Å². The van der Waals surface area contributed by atoms with E-state index in [-0.39, 0.29) is 18.3 Å². The second-order valence-corrected chi connectivity index (χ2v) is 7.37. The lowest BCUT2D eigenvalue weighted by Gasteiger charge is -2.35. The third-order valence-corrected chi connectivity index (χ3v) is 5.67. The Labute approximate surface area is 163 Å². The van der Waals surface area contributed by atoms with Gasteiger partial charge in [-0.15, -0.1) is 23.7 Å². The Morgan fingerprint density at radius 1 is 1.16 bits per heavy atom. The van der Waals surface area contributed by atoms with E-state index < -0.39 is 6.10 Å². The van der Waals surface area contributed by atoms with E-state index in [2.05, 4.69) is 4.90 Å². The Balaban J connectivity index is 0.00000225. The van der Waals surface area contributed by atoms with Gasteiger partial charge in [-0.05, 0) is 23.1 Å². The number of piperazine rings is 1. The van der Waals surface area contributed by atoms with Crippen LogP contribution in [0.25, 0.3) is 0 Å². The molecule has 1 aromatic carbocycles. The van der Waals surface area contributed by atoms with Crippen molar-refractivity contribution in [3.63, 3.8) is 0 Å². The number of β-amino-alcohol motifs (C(OH)–C–C–N with tert-alkyl or cyclic N) is 1. The summed E-state index contributed by atoms with van der Waals surface area (Å²) in [5.74, 6) is 0.113. The molecule has 0 saturated carbocycles. The number of carbonyl (C=O) groups excluding carboxylic acids is 1. The summed E-state index contributed by atoms with van der Waals surface area (Å²) in [5.41, 5.74) is 0.875. The first-order valence-electron chi connectivity index (χ1n) is 8.08. The lowest BCUT2D eigenvalue weighted by Crippen LogP contribution is -2.49. The number of thiophene rings is 1. The molecule has 0 bridgehead atoms. The Hall–Kier alpha value is -1.11. The van der Waals surface area contributed by atoms with E-state index in [1.165, 1.54) is 0 Å². The predicted molar refractivity (Wildman–Crippen MR) is 105 cm³/mol. The number of halogens is 2. The molecule has 1 fully saturated rings. The summed E-state index contributed by atoms with van der Waals surface area (Å²) in [6.45, 7) is 3.58. The highest BCUT2D eigenvalue weighted by Gasteiger charge is 2.23. The van der Waals surface area contributed by atoms with Gasteiger partial charge in [0.15, 0.2) is 0 Å². The minimum Gasteiger partial charge on any atom is -0.386 e. The van der Waals surface area contributed by atoms with E-state index in [0.717, 1.165) is 23.5 Å². The van der Waals surface area contributed by atoms with Crippen LogP contribution in [-0.4, -0.2) is 53.5 Å². The van der Waals surface area contributed by atoms with Crippen LogP contribution < -0.4 is 0 Å². The first-order chi connectivity index (χ1) is 11.6. The summed E-state index contributed by atoms with van der Waals surface area (Å²) in [4.78, 5) is 17.5. The molecule has 25 heavy (non-hydrogen) atoms. The molecule has 3 rings (SSSR count). The standard InChI is InChI=1S/C18H21ClN2O2S.ClH/c19-15-5-2-1-4-14(15)12-18(23)21-9-7-20(8-10-21)13-16(22)17-6-3-11-24-17;/h1-6,11,16,22H,7-10,12-13H2;1H. The van der Waals surface area contributed by atoms with Gasteiger partial charge in [-0.3, -0.25) is 9.69 Å². The maximum absolute atomic E-state index is 12.4. The molecule has 0 spiro atoms. The van der Waals surface area contributed by atoms with E-state index in [1.54, 1.807) is 11.3 Å². The van der Waals surface area contributed by atoms with Crippen LogP contribution in [0.5, 0.6) is 0 Å². The molecule has 1 unspecified atom stereocenters. The molecular formula is C18H22Cl2N2O2S. The molecule has 0 aliphatic carbocycles. The van der Waals surface area contributed by atoms with Gasteiger partial charge in [0.1, 0.15) is 6.10 Å². The van der Waals surface area contributed by atoms with Crippen molar-refractivity contribution in [2.75, 3.05) is 32.7 Å². The number of nitrogens with zero attached hydrogens (tertiary/aromatic N) is 2. The van der Waals surface area contributed by atoms with E-state index in [1.807, 2.05) is 46.7 Å². The fourth-order valence-corrected chi connectivity index (χ4v) is 3.82. The largest absolute Gasteiger partial charge is 0.386 e. The van der Waals surface area contributed by atoms with Crippen molar-refractivity contribution in [2.45, 2.75) is 12.5 Å². The van der Waals surface area contributed by atoms with Gasteiger partial charge in [-0.25, -0.2) is 0 Å². The first-order valence-corrected chi connectivity index (χ1v) is 9.34. The second-order valence-electron chi connectivity index (χ2n) is 5.98. The number of hydrogen-bond acceptors (Lipinski definition) is 4. The van der Waals surface area contributed by atoms with Gasteiger partial charge in [0, 0.05) is 42.6 Å². The second kappa shape index (κ2) is 9.55. The third-order valence-electron chi connectivity index (χ3n) is 4.33. The molecule has 2 heterocycles. The van der Waals surface area contributed by atoms with Gasteiger partial charge in [0.05, 0.1) is 6.42 Å². The molecule has 1 amide bonds. The van der Waals surface area contributed by atoms with Crippen LogP contribution in [0, 0.1) is 0 Å². The highest BCUT2D eigenvalue weighted by atomic mass is 35.5. The van der Waals surface area contributed by atoms with Gasteiger partial charge >= 0.3 is 0 Å². The molecule has 1 saturated heterocycles. The molecule has 1 aliphatic rings. The Morgan fingerprint density at radius 2 is 1.88 bits per heavy atom. The zero-order valence-corrected chi connectivity index (χ0v) is 16.2. The van der Waals surface area contributed by atoms with Crippen LogP contribution in [0.1, 0.15) is 16.5 Å². The van der Waals surface area contributed by atoms with Crippen molar-refractivity contribution >= 4 is 41.3 Å². The van der Waals surface area contributed by atoms with Gasteiger partial charge in [0.25, 0.3) is 0 Å². The molecule has 1 aliphatic heterocycles. The van der Waals surface area contributed by atoms with Crippen LogP contribution in [0.15, 0.2) is 41.8 Å². The molecular weight excluding hydrogens is 379 g/mol. The van der Waals surface area contributed by atoms with Crippen molar-refractivity contribution < 1.29 is 9.90 Å². The number of amides is 1. The van der Waals surface area contributed by atoms with E-state index in [9.17, 15) is 9.90 Å². The highest BCUT2D eigenvalue weighted by molar-refractivity contribution is 7.10. The van der Waals surface area contributed by atoms with Gasteiger partial charge in [0.2, 0.25) is 5.91 Å². The van der Waals surface area contributed by atoms with Crippen LogP contribution in [0.3, 0.4) is 0 Å². The van der Waals surface area contributed by atoms with Crippen molar-refractivity contribution in [1.82, 2.24) is 9.80 Å². The molecule has 4 nitrogen and oxygen atoms in total. The summed E-state index contributed by atoms with van der Waals surface area (Å²) >= 11 is 7.70. The summed E-state index contributed by atoms with van der Waals surface area (Å²) in [5, 5.41) is 12.9. The topological polar surface area (TPSA) is 43.8 Å². The van der Waals surface area contributed by atoms with Gasteiger partial charge < -0.3 is 10.0 Å². The average Bonchev–Trinajstić information content (AvgIpc) is 3.12. The Bertz CT molecular complexity index is 673. The lowest BCUT2D eigenvalue weighted by atomic mass is 10.1. The van der Waals surface area contributed by atoms with Crippen LogP contribution in [0.2, 0.25) is 5.02 Å². The number of rotatable bonds is 5. The Kier molecular flexibility index (Phi) is 7.72. The summed E-state index contributed by atoms with van der Waals surface area (Å²) < 4.78 is 0. The summed E-state index contributed by atoms with van der Waals surface area (Å²) in [7, 11) is 0. The van der Waals surface area contributed by atoms with Crippen LogP contribution in [-0.2, 0) is 11.2 Å². The number of carbonyl (C=O) groups is 1. The Morgan fingerprint density at radius 3 is 2.52 bits per heavy atom. The molecule has 1 atom stereocenters.